The van der Waals surface area contributed by atoms with E-state index in [-0.39, 0.29) is 29.1 Å². The lowest BCUT2D eigenvalue weighted by Crippen LogP contribution is -2.48. The van der Waals surface area contributed by atoms with Gasteiger partial charge in [-0.2, -0.15) is 0 Å². The van der Waals surface area contributed by atoms with Crippen LogP contribution < -0.4 is 10.2 Å². The van der Waals surface area contributed by atoms with E-state index in [1.54, 1.807) is 24.8 Å². The topological polar surface area (TPSA) is 58.6 Å². The van der Waals surface area contributed by atoms with Crippen LogP contribution in [0.4, 0.5) is 11.4 Å². The van der Waals surface area contributed by atoms with Crippen LogP contribution in [0.1, 0.15) is 72.9 Å². The molecule has 1 aliphatic rings. The lowest BCUT2D eigenvalue weighted by Gasteiger charge is -2.34. The molecule has 5 heteroatoms. The number of nitrogens with one attached hydrogen (secondary N) is 1. The Kier molecular flexibility index (Phi) is 6.47. The Morgan fingerprint density at radius 1 is 0.909 bits per heavy atom. The van der Waals surface area contributed by atoms with Crippen LogP contribution in [-0.4, -0.2) is 17.6 Å². The highest BCUT2D eigenvalue weighted by atomic mass is 16.6. The van der Waals surface area contributed by atoms with Crippen LogP contribution in [0, 0.1) is 0 Å². The van der Waals surface area contributed by atoms with Gasteiger partial charge in [-0.1, -0.05) is 72.7 Å². The largest absolute Gasteiger partial charge is 0.435 e. The molecule has 176 valence electrons. The summed E-state index contributed by atoms with van der Waals surface area (Å²) in [5, 5.41) is 3.23. The minimum absolute atomic E-state index is 0.00425. The van der Waals surface area contributed by atoms with Gasteiger partial charge in [-0.3, -0.25) is 14.5 Å². The average molecular weight is 449 g/mol. The molecule has 0 aliphatic carbocycles. The molecule has 0 saturated heterocycles. The number of hydrogen-bond donors (Lipinski definition) is 1. The number of rotatable bonds is 5. The van der Waals surface area contributed by atoms with Gasteiger partial charge in [-0.15, -0.1) is 0 Å². The molecule has 33 heavy (non-hydrogen) atoms. The van der Waals surface area contributed by atoms with Crippen molar-refractivity contribution < 1.29 is 14.3 Å². The number of ether oxygens (including phenoxy) is 1. The number of carbonyl (C=O) groups is 2. The maximum absolute atomic E-state index is 13.5. The third-order valence-electron chi connectivity index (χ3n) is 5.92. The Hall–Kier alpha value is -3.08. The third-order valence-corrected chi connectivity index (χ3v) is 5.92. The minimum Gasteiger partial charge on any atom is -0.435 e. The van der Waals surface area contributed by atoms with E-state index < -0.39 is 5.72 Å². The van der Waals surface area contributed by atoms with E-state index in [4.69, 9.17) is 4.74 Å². The predicted molar refractivity (Wildman–Crippen MR) is 134 cm³/mol. The molecule has 0 spiro atoms. The van der Waals surface area contributed by atoms with Crippen molar-refractivity contribution in [2.45, 2.75) is 78.4 Å². The first kappa shape index (κ1) is 24.6. The van der Waals surface area contributed by atoms with Crippen LogP contribution in [0.2, 0.25) is 0 Å². The van der Waals surface area contributed by atoms with Gasteiger partial charge in [-0.25, -0.2) is 0 Å². The molecule has 1 N–H and O–H groups in total. The molecule has 0 radical (unpaired) electrons. The summed E-state index contributed by atoms with van der Waals surface area (Å²) in [4.78, 5) is 27.3. The number of anilines is 2. The van der Waals surface area contributed by atoms with Crippen LogP contribution in [0.3, 0.4) is 0 Å². The van der Waals surface area contributed by atoms with Gasteiger partial charge >= 0.3 is 5.97 Å². The molecule has 2 aromatic rings. The predicted octanol–water partition coefficient (Wildman–Crippen LogP) is 6.29. The van der Waals surface area contributed by atoms with E-state index in [0.717, 1.165) is 11.3 Å². The lowest BCUT2D eigenvalue weighted by atomic mass is 9.87. The molecule has 1 atom stereocenters. The zero-order valence-corrected chi connectivity index (χ0v) is 21.1. The Morgan fingerprint density at radius 3 is 1.85 bits per heavy atom. The first-order valence-corrected chi connectivity index (χ1v) is 11.5. The van der Waals surface area contributed by atoms with Crippen molar-refractivity contribution in [1.29, 1.82) is 0 Å². The molecule has 0 aromatic heterocycles. The first-order valence-electron chi connectivity index (χ1n) is 11.5. The standard InChI is InChI=1S/C28H36N2O3/c1-9-24(31)33-28(8)18-23(29-21-14-10-19(11-15-21)26(2,3)4)25(32)30(28)22-16-12-20(13-17-22)27(5,6)7/h10-18,29H,9H2,1-8H3. The number of carbonyl (C=O) groups excluding carboxylic acids is 2. The summed E-state index contributed by atoms with van der Waals surface area (Å²) in [6, 6.07) is 15.9. The molecular weight excluding hydrogens is 412 g/mol. The van der Waals surface area contributed by atoms with Gasteiger partial charge in [0.05, 0.1) is 0 Å². The van der Waals surface area contributed by atoms with Crippen molar-refractivity contribution >= 4 is 23.3 Å². The number of amides is 1. The van der Waals surface area contributed by atoms with E-state index in [2.05, 4.69) is 59.0 Å². The monoisotopic (exact) mass is 448 g/mol. The molecule has 1 aliphatic heterocycles. The molecular formula is C28H36N2O3. The van der Waals surface area contributed by atoms with Crippen LogP contribution in [0.5, 0.6) is 0 Å². The van der Waals surface area contributed by atoms with Crippen molar-refractivity contribution in [3.63, 3.8) is 0 Å². The van der Waals surface area contributed by atoms with E-state index in [1.807, 2.05) is 36.4 Å². The van der Waals surface area contributed by atoms with Gasteiger partial charge in [0.2, 0.25) is 5.72 Å². The van der Waals surface area contributed by atoms with Crippen molar-refractivity contribution in [1.82, 2.24) is 0 Å². The number of benzene rings is 2. The molecule has 1 heterocycles. The summed E-state index contributed by atoms with van der Waals surface area (Å²) in [5.74, 6) is -0.613. The Bertz CT molecular complexity index is 1050. The van der Waals surface area contributed by atoms with Gasteiger partial charge < -0.3 is 10.1 Å². The summed E-state index contributed by atoms with van der Waals surface area (Å²) in [7, 11) is 0. The van der Waals surface area contributed by atoms with Gasteiger partial charge in [0.25, 0.3) is 5.91 Å². The highest BCUT2D eigenvalue weighted by molar-refractivity contribution is 6.11. The molecule has 1 amide bonds. The molecule has 3 rings (SSSR count). The second-order valence-electron chi connectivity index (χ2n) is 10.8. The Morgan fingerprint density at radius 2 is 1.39 bits per heavy atom. The fourth-order valence-corrected chi connectivity index (χ4v) is 3.88. The molecule has 5 nitrogen and oxygen atoms in total. The zero-order valence-electron chi connectivity index (χ0n) is 21.1. The Balaban J connectivity index is 1.94. The molecule has 0 saturated carbocycles. The van der Waals surface area contributed by atoms with Crippen molar-refractivity contribution in [2.75, 3.05) is 10.2 Å². The maximum atomic E-state index is 13.5. The third kappa shape index (κ3) is 5.29. The number of nitrogens with zero attached hydrogens (tertiary/aromatic N) is 1. The van der Waals surface area contributed by atoms with E-state index in [0.29, 0.717) is 11.4 Å². The van der Waals surface area contributed by atoms with Gasteiger partial charge in [0.15, 0.2) is 0 Å². The molecule has 2 aromatic carbocycles. The van der Waals surface area contributed by atoms with Crippen LogP contribution in [-0.2, 0) is 25.2 Å². The zero-order chi connectivity index (χ0) is 24.6. The number of esters is 1. The van der Waals surface area contributed by atoms with Crippen molar-refractivity contribution in [2.24, 2.45) is 0 Å². The first-order chi connectivity index (χ1) is 15.2. The van der Waals surface area contributed by atoms with Crippen LogP contribution in [0.25, 0.3) is 0 Å². The second-order valence-corrected chi connectivity index (χ2v) is 10.8. The Labute approximate surface area is 197 Å². The smallest absolute Gasteiger partial charge is 0.307 e. The van der Waals surface area contributed by atoms with E-state index in [1.165, 1.54) is 5.56 Å². The normalized spacial score (nSPS) is 18.8. The molecule has 0 bridgehead atoms. The summed E-state index contributed by atoms with van der Waals surface area (Å²) < 4.78 is 5.76. The van der Waals surface area contributed by atoms with Crippen molar-refractivity contribution in [3.8, 4) is 0 Å². The second kappa shape index (κ2) is 8.69. The van der Waals surface area contributed by atoms with E-state index >= 15 is 0 Å². The van der Waals surface area contributed by atoms with Gasteiger partial charge in [-0.05, 0) is 53.1 Å². The average Bonchev–Trinajstić information content (AvgIpc) is 2.96. The van der Waals surface area contributed by atoms with Gasteiger partial charge in [0.1, 0.15) is 5.70 Å². The summed E-state index contributed by atoms with van der Waals surface area (Å²) in [6.45, 7) is 16.4. The van der Waals surface area contributed by atoms with Crippen LogP contribution >= 0.6 is 0 Å². The fraction of sp³-hybridized carbons (Fsp3) is 0.429. The highest BCUT2D eigenvalue weighted by Gasteiger charge is 2.46. The van der Waals surface area contributed by atoms with Crippen molar-refractivity contribution in [3.05, 3.63) is 71.4 Å². The highest BCUT2D eigenvalue weighted by Crippen LogP contribution is 2.36. The van der Waals surface area contributed by atoms with Crippen LogP contribution in [0.15, 0.2) is 60.3 Å². The molecule has 0 fully saturated rings. The number of hydrogen-bond acceptors (Lipinski definition) is 4. The SMILES string of the molecule is CCC(=O)OC1(C)C=C(Nc2ccc(C(C)(C)C)cc2)C(=O)N1c1ccc(C(C)(C)C)cc1. The van der Waals surface area contributed by atoms with E-state index in [9.17, 15) is 9.59 Å². The summed E-state index contributed by atoms with van der Waals surface area (Å²) in [6.07, 6.45) is 1.92. The maximum Gasteiger partial charge on any atom is 0.307 e. The fourth-order valence-electron chi connectivity index (χ4n) is 3.88. The quantitative estimate of drug-likeness (QED) is 0.546. The minimum atomic E-state index is -1.22. The lowest BCUT2D eigenvalue weighted by molar-refractivity contribution is -0.153. The summed E-state index contributed by atoms with van der Waals surface area (Å²) in [5.41, 5.74) is 3.05. The summed E-state index contributed by atoms with van der Waals surface area (Å²) >= 11 is 0. The molecule has 1 unspecified atom stereocenters. The van der Waals surface area contributed by atoms with Gasteiger partial charge in [0, 0.05) is 23.9 Å².